The molecule has 14 aromatic rings. The molecular formula is C92H84N6. The number of nitrogens with zero attached hydrogens (tertiary/aromatic N) is 6. The summed E-state index contributed by atoms with van der Waals surface area (Å²) in [5.41, 5.74) is 28.1. The highest BCUT2D eigenvalue weighted by Gasteiger charge is 2.39. The van der Waals surface area contributed by atoms with Gasteiger partial charge in [0.05, 0.1) is 40.0 Å². The fraction of sp³-hybridized carbons (Fsp3) is 0.239. The maximum absolute atomic E-state index is 7.91. The largest absolute Gasteiger partial charge is 0.309 e. The van der Waals surface area contributed by atoms with E-state index in [-0.39, 0.29) is 32.5 Å². The Balaban J connectivity index is 1.04. The molecule has 0 saturated carbocycles. The Kier molecular flexibility index (Phi) is 13.8. The lowest BCUT2D eigenvalue weighted by molar-refractivity contribution is 0.568. The first-order valence-electron chi connectivity index (χ1n) is 34.8. The van der Waals surface area contributed by atoms with Gasteiger partial charge in [0.1, 0.15) is 0 Å². The molecule has 98 heavy (non-hydrogen) atoms. The number of benzene rings is 11. The summed E-state index contributed by atoms with van der Waals surface area (Å²) in [6, 6.07) is 81.6. The van der Waals surface area contributed by atoms with Crippen molar-refractivity contribution in [3.63, 3.8) is 0 Å². The zero-order valence-corrected chi connectivity index (χ0v) is 59.5. The van der Waals surface area contributed by atoms with Crippen molar-refractivity contribution in [1.82, 2.24) is 24.1 Å². The molecule has 0 unspecified atom stereocenters. The summed E-state index contributed by atoms with van der Waals surface area (Å²) in [6.45, 7) is 45.0. The highest BCUT2D eigenvalue weighted by Crippen LogP contribution is 2.54. The van der Waals surface area contributed by atoms with Gasteiger partial charge in [-0.1, -0.05) is 244 Å². The lowest BCUT2D eigenvalue weighted by Gasteiger charge is -2.26. The minimum atomic E-state index is -0.253. The molecule has 482 valence electrons. The molecule has 0 bridgehead atoms. The normalized spacial score (nSPS) is 14.1. The van der Waals surface area contributed by atoms with Crippen molar-refractivity contribution in [2.24, 2.45) is 0 Å². The van der Waals surface area contributed by atoms with Gasteiger partial charge in [-0.3, -0.25) is 0 Å². The summed E-state index contributed by atoms with van der Waals surface area (Å²) in [6.07, 6.45) is 0. The number of para-hydroxylation sites is 2. The van der Waals surface area contributed by atoms with Crippen LogP contribution in [0.1, 0.15) is 155 Å². The van der Waals surface area contributed by atoms with E-state index in [0.717, 1.165) is 72.4 Å². The van der Waals surface area contributed by atoms with Gasteiger partial charge in [-0.25, -0.2) is 19.8 Å². The summed E-state index contributed by atoms with van der Waals surface area (Å²) < 4.78 is 5.00. The van der Waals surface area contributed by atoms with E-state index in [2.05, 4.69) is 331 Å². The number of hydrogen-bond donors (Lipinski definition) is 0. The third kappa shape index (κ3) is 9.97. The van der Waals surface area contributed by atoms with Gasteiger partial charge in [0.25, 0.3) is 0 Å². The molecule has 16 rings (SSSR count). The minimum absolute atomic E-state index is 0.172. The Morgan fingerprint density at radius 1 is 0.296 bits per heavy atom. The van der Waals surface area contributed by atoms with E-state index >= 15 is 0 Å². The van der Waals surface area contributed by atoms with Crippen LogP contribution in [0.5, 0.6) is 0 Å². The zero-order chi connectivity index (χ0) is 68.5. The summed E-state index contributed by atoms with van der Waals surface area (Å²) in [5, 5.41) is 4.75. The first-order chi connectivity index (χ1) is 46.5. The van der Waals surface area contributed by atoms with Gasteiger partial charge in [0.15, 0.2) is 23.2 Å². The fourth-order valence-electron chi connectivity index (χ4n) is 15.8. The molecule has 3 aromatic heterocycles. The third-order valence-electron chi connectivity index (χ3n) is 21.6. The van der Waals surface area contributed by atoms with Crippen molar-refractivity contribution in [3.8, 4) is 90.0 Å². The van der Waals surface area contributed by atoms with Gasteiger partial charge in [-0.2, -0.15) is 0 Å². The molecule has 6 heteroatoms. The Morgan fingerprint density at radius 3 is 1.11 bits per heavy atom. The average molecular weight is 1270 g/mol. The van der Waals surface area contributed by atoms with Crippen LogP contribution in [-0.2, 0) is 32.5 Å². The standard InChI is InChI=1S/C92H84N6/c1-87(2,3)59-42-57(43-60(48-59)88(4,5)6)84-94-85(58-44-61(89(7,8)9)49-62(45-58)90(10,11)12)96-86(95-84)73-47-56(37-41-81(73)98-79-33-25-21-29-67(79)72-51-70-65-27-19-23-31-75(65)92(15,16)77(70)53-83(72)98)68-46-55(54-34-38-63(93-17)39-35-54)36-40-80(68)97-78-32-24-20-28-66(78)71-50-69-64-26-18-22-30-74(64)91(13,14)76(69)52-82(71)97/h18-53H,1-16H3. The molecule has 0 spiro atoms. The van der Waals surface area contributed by atoms with Crippen LogP contribution in [-0.4, -0.2) is 24.1 Å². The van der Waals surface area contributed by atoms with E-state index in [0.29, 0.717) is 23.2 Å². The van der Waals surface area contributed by atoms with Crippen LogP contribution < -0.4 is 0 Å². The number of hydrogen-bond acceptors (Lipinski definition) is 3. The van der Waals surface area contributed by atoms with E-state index in [1.807, 2.05) is 12.1 Å². The molecule has 0 amide bonds. The lowest BCUT2D eigenvalue weighted by Crippen LogP contribution is -2.17. The maximum atomic E-state index is 7.91. The monoisotopic (exact) mass is 1270 g/mol. The van der Waals surface area contributed by atoms with E-state index in [9.17, 15) is 0 Å². The smallest absolute Gasteiger partial charge is 0.187 e. The highest BCUT2D eigenvalue weighted by molar-refractivity contribution is 6.14. The molecule has 11 aromatic carbocycles. The Hall–Kier alpha value is -10.5. The summed E-state index contributed by atoms with van der Waals surface area (Å²) in [4.78, 5) is 21.3. The van der Waals surface area contributed by atoms with Crippen LogP contribution in [0.4, 0.5) is 5.69 Å². The van der Waals surface area contributed by atoms with Crippen LogP contribution in [0.25, 0.3) is 139 Å². The molecular weight excluding hydrogens is 1190 g/mol. The third-order valence-corrected chi connectivity index (χ3v) is 21.6. The molecule has 3 heterocycles. The number of aromatic nitrogens is 5. The van der Waals surface area contributed by atoms with E-state index in [1.165, 1.54) is 88.3 Å². The van der Waals surface area contributed by atoms with Crippen LogP contribution in [0, 0.1) is 6.57 Å². The number of rotatable bonds is 7. The molecule has 0 fully saturated rings. The second kappa shape index (κ2) is 21.8. The van der Waals surface area contributed by atoms with Gasteiger partial charge in [0.2, 0.25) is 0 Å². The van der Waals surface area contributed by atoms with Crippen molar-refractivity contribution < 1.29 is 0 Å². The van der Waals surface area contributed by atoms with Crippen molar-refractivity contribution in [2.75, 3.05) is 0 Å². The first-order valence-corrected chi connectivity index (χ1v) is 34.8. The lowest BCUT2D eigenvalue weighted by atomic mass is 9.79. The Morgan fingerprint density at radius 2 is 0.673 bits per heavy atom. The predicted octanol–water partition coefficient (Wildman–Crippen LogP) is 24.8. The van der Waals surface area contributed by atoms with Gasteiger partial charge < -0.3 is 9.13 Å². The molecule has 0 radical (unpaired) electrons. The molecule has 0 atom stereocenters. The maximum Gasteiger partial charge on any atom is 0.187 e. The molecule has 2 aliphatic rings. The minimum Gasteiger partial charge on any atom is -0.309 e. The zero-order valence-electron chi connectivity index (χ0n) is 59.5. The summed E-state index contributed by atoms with van der Waals surface area (Å²) >= 11 is 0. The van der Waals surface area contributed by atoms with E-state index in [1.54, 1.807) is 0 Å². The second-order valence-electron chi connectivity index (χ2n) is 32.9. The van der Waals surface area contributed by atoms with E-state index < -0.39 is 0 Å². The van der Waals surface area contributed by atoms with Gasteiger partial charge in [-0.05, 0) is 190 Å². The highest BCUT2D eigenvalue weighted by atomic mass is 15.1. The van der Waals surface area contributed by atoms with Crippen molar-refractivity contribution in [3.05, 3.63) is 274 Å². The van der Waals surface area contributed by atoms with Gasteiger partial charge in [-0.15, -0.1) is 0 Å². The molecule has 0 aliphatic heterocycles. The quantitative estimate of drug-likeness (QED) is 0.149. The second-order valence-corrected chi connectivity index (χ2v) is 32.9. The number of fused-ring (bicyclic) bond motifs is 12. The topological polar surface area (TPSA) is 52.9 Å². The molecule has 0 saturated heterocycles. The molecule has 2 aliphatic carbocycles. The average Bonchev–Trinajstić information content (AvgIpc) is 1.55. The first kappa shape index (κ1) is 62.3. The Labute approximate surface area is 577 Å². The predicted molar refractivity (Wildman–Crippen MR) is 412 cm³/mol. The van der Waals surface area contributed by atoms with Crippen molar-refractivity contribution in [2.45, 2.75) is 143 Å². The molecule has 6 nitrogen and oxygen atoms in total. The SMILES string of the molecule is [C-]#[N+]c1ccc(-c2ccc(-n3c4ccccc4c4cc5c(cc43)C(C)(C)c3ccccc3-5)c(-c3ccc(-n4c5ccccc5c5cc6c(cc54)C(C)(C)c4ccccc4-6)c(-c4nc(-c5cc(C(C)(C)C)cc(C(C)(C)C)c5)nc(-c5cc(C(C)(C)C)cc(C(C)(C)C)c5)n4)c3)c2)cc1. The van der Waals surface area contributed by atoms with Crippen LogP contribution >= 0.6 is 0 Å². The van der Waals surface area contributed by atoms with Crippen LogP contribution in [0.2, 0.25) is 0 Å². The fourth-order valence-corrected chi connectivity index (χ4v) is 15.8. The summed E-state index contributed by atoms with van der Waals surface area (Å²) in [5.74, 6) is 1.80. The van der Waals surface area contributed by atoms with Gasteiger partial charge in [0, 0.05) is 54.6 Å². The van der Waals surface area contributed by atoms with Crippen molar-refractivity contribution in [1.29, 1.82) is 0 Å². The van der Waals surface area contributed by atoms with E-state index in [4.69, 9.17) is 21.5 Å². The van der Waals surface area contributed by atoms with Crippen LogP contribution in [0.3, 0.4) is 0 Å². The van der Waals surface area contributed by atoms with Crippen molar-refractivity contribution >= 4 is 49.3 Å². The summed E-state index contributed by atoms with van der Waals surface area (Å²) in [7, 11) is 0. The Bertz CT molecular complexity index is 5570. The molecule has 0 N–H and O–H groups in total. The van der Waals surface area contributed by atoms with Gasteiger partial charge >= 0.3 is 0 Å². The van der Waals surface area contributed by atoms with Crippen LogP contribution in [0.15, 0.2) is 218 Å².